The predicted molar refractivity (Wildman–Crippen MR) is 152 cm³/mol. The maximum absolute atomic E-state index is 5.10. The molecule has 1 heterocycles. The summed E-state index contributed by atoms with van der Waals surface area (Å²) in [6, 6.07) is 38.2. The number of hydrogen-bond donors (Lipinski definition) is 0. The Morgan fingerprint density at radius 2 is 1.31 bits per heavy atom. The maximum Gasteiger partial charge on any atom is 0.0831 e. The summed E-state index contributed by atoms with van der Waals surface area (Å²) in [5.74, 6) is 6.50. The Kier molecular flexibility index (Phi) is 7.15. The van der Waals surface area contributed by atoms with Gasteiger partial charge in [-0.05, 0) is 73.5 Å². The van der Waals surface area contributed by atoms with E-state index < -0.39 is 0 Å². The lowest BCUT2D eigenvalue weighted by Gasteiger charge is -2.25. The van der Waals surface area contributed by atoms with Crippen LogP contribution in [0.1, 0.15) is 48.6 Å². The molecule has 0 N–H and O–H groups in total. The van der Waals surface area contributed by atoms with Crippen molar-refractivity contribution in [3.05, 3.63) is 131 Å². The van der Waals surface area contributed by atoms with Crippen LogP contribution in [-0.4, -0.2) is 18.8 Å². The summed E-state index contributed by atoms with van der Waals surface area (Å²) in [7, 11) is 0. The van der Waals surface area contributed by atoms with E-state index in [-0.39, 0.29) is 6.04 Å². The van der Waals surface area contributed by atoms with Crippen LogP contribution < -0.4 is 9.91 Å². The lowest BCUT2D eigenvalue weighted by atomic mass is 9.97. The molecule has 1 atom stereocenters. The van der Waals surface area contributed by atoms with Gasteiger partial charge in [-0.3, -0.25) is 5.01 Å². The summed E-state index contributed by atoms with van der Waals surface area (Å²) in [5.41, 5.74) is 7.92. The molecule has 0 radical (unpaired) electrons. The van der Waals surface area contributed by atoms with Gasteiger partial charge in [0.2, 0.25) is 0 Å². The summed E-state index contributed by atoms with van der Waals surface area (Å²) >= 11 is 0. The Bertz CT molecular complexity index is 1360. The van der Waals surface area contributed by atoms with E-state index in [1.807, 2.05) is 36.4 Å². The van der Waals surface area contributed by atoms with Crippen molar-refractivity contribution in [3.8, 4) is 11.8 Å². The predicted octanol–water partition coefficient (Wildman–Crippen LogP) is 7.29. The maximum atomic E-state index is 5.10. The minimum atomic E-state index is 0.158. The Balaban J connectivity index is 1.41. The molecule has 0 fully saturated rings. The zero-order chi connectivity index (χ0) is 24.7. The molecule has 3 heteroatoms. The molecule has 0 spiro atoms. The molecule has 4 aromatic carbocycles. The number of para-hydroxylation sites is 1. The van der Waals surface area contributed by atoms with Crippen LogP contribution >= 0.6 is 0 Å². The van der Waals surface area contributed by atoms with Crippen molar-refractivity contribution in [2.24, 2.45) is 5.10 Å². The van der Waals surface area contributed by atoms with Gasteiger partial charge in [0.1, 0.15) is 0 Å². The standard InChI is InChI=1S/C33H31N3/c1-3-35(4-2)30-23-21-29(22-24-30)33-25-32(34-36(33)31-13-9-6-10-14-31)28-19-17-27(18-20-28)16-15-26-11-7-5-8-12-26/h5-14,17-24,33H,3-4,25H2,1-2H3. The van der Waals surface area contributed by atoms with Crippen LogP contribution in [0.25, 0.3) is 0 Å². The van der Waals surface area contributed by atoms with Gasteiger partial charge in [0.15, 0.2) is 0 Å². The summed E-state index contributed by atoms with van der Waals surface area (Å²) in [5, 5.41) is 7.27. The molecule has 0 saturated carbocycles. The first kappa shape index (κ1) is 23.5. The Hall–Kier alpha value is -4.29. The highest BCUT2D eigenvalue weighted by atomic mass is 15.5. The monoisotopic (exact) mass is 469 g/mol. The van der Waals surface area contributed by atoms with Crippen molar-refractivity contribution in [1.82, 2.24) is 0 Å². The number of benzene rings is 4. The van der Waals surface area contributed by atoms with Crippen LogP contribution in [0, 0.1) is 11.8 Å². The quantitative estimate of drug-likeness (QED) is 0.276. The number of hydrogen-bond acceptors (Lipinski definition) is 3. The van der Waals surface area contributed by atoms with E-state index in [2.05, 4.69) is 108 Å². The van der Waals surface area contributed by atoms with Crippen LogP contribution in [0.2, 0.25) is 0 Å². The summed E-state index contributed by atoms with van der Waals surface area (Å²) in [6.45, 7) is 6.41. The highest BCUT2D eigenvalue weighted by Crippen LogP contribution is 2.37. The Morgan fingerprint density at radius 1 is 0.722 bits per heavy atom. The minimum absolute atomic E-state index is 0.158. The van der Waals surface area contributed by atoms with E-state index >= 15 is 0 Å². The van der Waals surface area contributed by atoms with Gasteiger partial charge < -0.3 is 4.90 Å². The molecule has 0 amide bonds. The van der Waals surface area contributed by atoms with Gasteiger partial charge in [-0.25, -0.2) is 0 Å². The molecule has 5 rings (SSSR count). The zero-order valence-electron chi connectivity index (χ0n) is 20.9. The summed E-state index contributed by atoms with van der Waals surface area (Å²) in [6.07, 6.45) is 0.856. The second kappa shape index (κ2) is 11.0. The molecule has 4 aromatic rings. The lowest BCUT2D eigenvalue weighted by molar-refractivity contribution is 0.708. The third kappa shape index (κ3) is 5.19. The minimum Gasteiger partial charge on any atom is -0.372 e. The van der Waals surface area contributed by atoms with Crippen LogP contribution in [0.5, 0.6) is 0 Å². The molecule has 1 aliphatic heterocycles. The fourth-order valence-corrected chi connectivity index (χ4v) is 4.67. The Morgan fingerprint density at radius 3 is 1.92 bits per heavy atom. The Labute approximate surface area is 214 Å². The molecular formula is C33H31N3. The van der Waals surface area contributed by atoms with Crippen LogP contribution in [-0.2, 0) is 0 Å². The van der Waals surface area contributed by atoms with E-state index in [4.69, 9.17) is 5.10 Å². The third-order valence-corrected chi connectivity index (χ3v) is 6.68. The highest BCUT2D eigenvalue weighted by molar-refractivity contribution is 6.03. The van der Waals surface area contributed by atoms with Crippen molar-refractivity contribution in [2.45, 2.75) is 26.3 Å². The van der Waals surface area contributed by atoms with Gasteiger partial charge in [-0.1, -0.05) is 72.5 Å². The number of hydrazone groups is 1. The van der Waals surface area contributed by atoms with E-state index in [1.165, 1.54) is 11.3 Å². The lowest BCUT2D eigenvalue weighted by Crippen LogP contribution is -2.22. The average molecular weight is 470 g/mol. The summed E-state index contributed by atoms with van der Waals surface area (Å²) < 4.78 is 0. The fourth-order valence-electron chi connectivity index (χ4n) is 4.67. The molecule has 1 aliphatic rings. The molecule has 178 valence electrons. The van der Waals surface area contributed by atoms with E-state index in [0.29, 0.717) is 0 Å². The first-order valence-electron chi connectivity index (χ1n) is 12.7. The number of rotatable bonds is 6. The normalized spacial score (nSPS) is 14.7. The van der Waals surface area contributed by atoms with Gasteiger partial charge in [-0.2, -0.15) is 5.10 Å². The first-order chi connectivity index (χ1) is 17.7. The fraction of sp³-hybridized carbons (Fsp3) is 0.182. The zero-order valence-corrected chi connectivity index (χ0v) is 20.9. The molecule has 36 heavy (non-hydrogen) atoms. The third-order valence-electron chi connectivity index (χ3n) is 6.68. The summed E-state index contributed by atoms with van der Waals surface area (Å²) in [4.78, 5) is 2.37. The van der Waals surface area contributed by atoms with Crippen molar-refractivity contribution in [1.29, 1.82) is 0 Å². The SMILES string of the molecule is CCN(CC)c1ccc(C2CC(c3ccc(C#Cc4ccccc4)cc3)=NN2c2ccccc2)cc1. The molecule has 0 aliphatic carbocycles. The van der Waals surface area contributed by atoms with Gasteiger partial charge in [0.05, 0.1) is 17.4 Å². The number of anilines is 2. The van der Waals surface area contributed by atoms with E-state index in [9.17, 15) is 0 Å². The van der Waals surface area contributed by atoms with E-state index in [1.54, 1.807) is 0 Å². The molecule has 0 aromatic heterocycles. The largest absolute Gasteiger partial charge is 0.372 e. The van der Waals surface area contributed by atoms with Gasteiger partial charge in [-0.15, -0.1) is 0 Å². The molecule has 0 saturated heterocycles. The van der Waals surface area contributed by atoms with Crippen molar-refractivity contribution < 1.29 is 0 Å². The van der Waals surface area contributed by atoms with Gasteiger partial charge in [0, 0.05) is 36.3 Å². The molecule has 1 unspecified atom stereocenters. The van der Waals surface area contributed by atoms with Crippen LogP contribution in [0.4, 0.5) is 11.4 Å². The number of nitrogens with zero attached hydrogens (tertiary/aromatic N) is 3. The first-order valence-corrected chi connectivity index (χ1v) is 12.7. The van der Waals surface area contributed by atoms with E-state index in [0.717, 1.165) is 47.6 Å². The van der Waals surface area contributed by atoms with Crippen molar-refractivity contribution in [2.75, 3.05) is 23.0 Å². The van der Waals surface area contributed by atoms with Crippen molar-refractivity contribution >= 4 is 17.1 Å². The molecular weight excluding hydrogens is 438 g/mol. The molecule has 0 bridgehead atoms. The smallest absolute Gasteiger partial charge is 0.0831 e. The van der Waals surface area contributed by atoms with Crippen molar-refractivity contribution in [3.63, 3.8) is 0 Å². The van der Waals surface area contributed by atoms with Crippen LogP contribution in [0.15, 0.2) is 114 Å². The second-order valence-corrected chi connectivity index (χ2v) is 8.90. The molecule has 3 nitrogen and oxygen atoms in total. The van der Waals surface area contributed by atoms with Gasteiger partial charge in [0.25, 0.3) is 0 Å². The topological polar surface area (TPSA) is 18.8 Å². The highest BCUT2D eigenvalue weighted by Gasteiger charge is 2.30. The second-order valence-electron chi connectivity index (χ2n) is 8.90. The van der Waals surface area contributed by atoms with Gasteiger partial charge >= 0.3 is 0 Å². The van der Waals surface area contributed by atoms with Crippen LogP contribution in [0.3, 0.4) is 0 Å². The average Bonchev–Trinajstić information content (AvgIpc) is 3.40.